The molecular weight excluding hydrogens is 516 g/mol. The van der Waals surface area contributed by atoms with E-state index in [1.165, 1.54) is 4.90 Å². The highest BCUT2D eigenvalue weighted by Crippen LogP contribution is 2.30. The number of hydrogen-bond acceptors (Lipinski definition) is 7. The Morgan fingerprint density at radius 3 is 2.42 bits per heavy atom. The Hall–Kier alpha value is -4.41. The molecule has 2 aromatic carbocycles. The van der Waals surface area contributed by atoms with Crippen molar-refractivity contribution in [1.29, 1.82) is 0 Å². The van der Waals surface area contributed by atoms with Crippen molar-refractivity contribution in [3.05, 3.63) is 59.2 Å². The maximum atomic E-state index is 12.9. The molecule has 40 heavy (non-hydrogen) atoms. The van der Waals surface area contributed by atoms with Gasteiger partial charge in [0, 0.05) is 48.7 Å². The van der Waals surface area contributed by atoms with E-state index in [0.717, 1.165) is 0 Å². The summed E-state index contributed by atoms with van der Waals surface area (Å²) in [5.41, 5.74) is 1.60. The lowest BCUT2D eigenvalue weighted by molar-refractivity contribution is -0.136. The number of imide groups is 1. The van der Waals surface area contributed by atoms with Crippen LogP contribution >= 0.6 is 0 Å². The molecule has 3 aliphatic rings. The molecule has 0 bridgehead atoms. The first kappa shape index (κ1) is 27.2. The molecule has 0 aromatic heterocycles. The van der Waals surface area contributed by atoms with Gasteiger partial charge in [-0.2, -0.15) is 0 Å². The van der Waals surface area contributed by atoms with Crippen molar-refractivity contribution < 1.29 is 33.4 Å². The monoisotopic (exact) mass is 548 g/mol. The van der Waals surface area contributed by atoms with Crippen LogP contribution < -0.4 is 20.7 Å². The number of nitrogens with one attached hydrogen (secondary N) is 3. The number of benzene rings is 2. The number of carbonyl (C=O) groups excluding carboxylic acids is 5. The van der Waals surface area contributed by atoms with Crippen LogP contribution in [0.15, 0.2) is 42.5 Å². The van der Waals surface area contributed by atoms with Gasteiger partial charge < -0.3 is 25.0 Å². The number of alkyl carbamates (subject to hydrolysis) is 1. The molecule has 0 spiro atoms. The first-order valence-corrected chi connectivity index (χ1v) is 13.3. The molecule has 5 rings (SSSR count). The van der Waals surface area contributed by atoms with Gasteiger partial charge in [-0.05, 0) is 75.2 Å². The predicted molar refractivity (Wildman–Crippen MR) is 144 cm³/mol. The third-order valence-electron chi connectivity index (χ3n) is 7.02. The number of hydrogen-bond donors (Lipinski definition) is 3. The van der Waals surface area contributed by atoms with Crippen molar-refractivity contribution in [2.24, 2.45) is 0 Å². The highest BCUT2D eigenvalue weighted by atomic mass is 16.6. The highest BCUT2D eigenvalue weighted by Gasteiger charge is 2.39. The Labute approximate surface area is 231 Å². The molecule has 11 nitrogen and oxygen atoms in total. The maximum Gasteiger partial charge on any atom is 0.407 e. The number of anilines is 1. The minimum Gasteiger partial charge on any atom is -0.490 e. The number of carbonyl (C=O) groups is 5. The SMILES string of the molecule is CC(C)(C)OC(=O)NC1CC(Oc2ccc(C(=O)Nc3ccc4c(c3)CN(C3CCC(=O)NC3=O)C4=O)cc2)C1. The van der Waals surface area contributed by atoms with E-state index in [9.17, 15) is 24.0 Å². The van der Waals surface area contributed by atoms with Gasteiger partial charge in [0.2, 0.25) is 11.8 Å². The molecule has 210 valence electrons. The molecule has 3 N–H and O–H groups in total. The van der Waals surface area contributed by atoms with Crippen LogP contribution in [-0.2, 0) is 20.9 Å². The van der Waals surface area contributed by atoms with Gasteiger partial charge >= 0.3 is 6.09 Å². The van der Waals surface area contributed by atoms with Crippen molar-refractivity contribution in [1.82, 2.24) is 15.5 Å². The first-order chi connectivity index (χ1) is 18.9. The maximum absolute atomic E-state index is 12.9. The van der Waals surface area contributed by atoms with Gasteiger partial charge in [-0.1, -0.05) is 0 Å². The van der Waals surface area contributed by atoms with Crippen molar-refractivity contribution >= 4 is 35.4 Å². The van der Waals surface area contributed by atoms with Crippen molar-refractivity contribution in [2.75, 3.05) is 5.32 Å². The standard InChI is InChI=1S/C29H32N4O7/c1-29(2,3)40-28(38)31-19-13-21(14-19)39-20-7-4-16(5-8-20)25(35)30-18-6-9-22-17(12-18)15-33(27(22)37)23-10-11-24(34)32-26(23)36/h4-9,12,19,21,23H,10-11,13-15H2,1-3H3,(H,30,35)(H,31,38)(H,32,34,36). The van der Waals surface area contributed by atoms with E-state index in [0.29, 0.717) is 41.0 Å². The number of piperidine rings is 1. The van der Waals surface area contributed by atoms with E-state index in [4.69, 9.17) is 9.47 Å². The van der Waals surface area contributed by atoms with E-state index in [1.807, 2.05) is 20.8 Å². The second kappa shape index (κ2) is 10.6. The van der Waals surface area contributed by atoms with Gasteiger partial charge in [-0.15, -0.1) is 0 Å². The van der Waals surface area contributed by atoms with Gasteiger partial charge in [-0.25, -0.2) is 4.79 Å². The summed E-state index contributed by atoms with van der Waals surface area (Å²) in [6.07, 6.45) is 1.35. The molecule has 5 amide bonds. The molecule has 0 radical (unpaired) electrons. The van der Waals surface area contributed by atoms with Crippen molar-refractivity contribution in [3.8, 4) is 5.75 Å². The Morgan fingerprint density at radius 2 is 1.75 bits per heavy atom. The van der Waals surface area contributed by atoms with Gasteiger partial charge in [0.05, 0.1) is 0 Å². The Bertz CT molecular complexity index is 1360. The fourth-order valence-electron chi connectivity index (χ4n) is 4.99. The zero-order valence-electron chi connectivity index (χ0n) is 22.6. The number of ether oxygens (including phenoxy) is 2. The summed E-state index contributed by atoms with van der Waals surface area (Å²) in [6.45, 7) is 5.67. The molecule has 1 unspecified atom stereocenters. The van der Waals surface area contributed by atoms with Gasteiger partial charge in [0.25, 0.3) is 11.8 Å². The third-order valence-corrected chi connectivity index (χ3v) is 7.02. The van der Waals surface area contributed by atoms with Gasteiger partial charge in [0.1, 0.15) is 23.5 Å². The molecule has 11 heteroatoms. The van der Waals surface area contributed by atoms with E-state index in [-0.39, 0.29) is 49.3 Å². The van der Waals surface area contributed by atoms with Crippen molar-refractivity contribution in [2.45, 2.75) is 76.8 Å². The molecule has 1 aliphatic carbocycles. The number of amides is 5. The second-order valence-corrected chi connectivity index (χ2v) is 11.3. The van der Waals surface area contributed by atoms with Gasteiger partial charge in [0.15, 0.2) is 0 Å². The summed E-state index contributed by atoms with van der Waals surface area (Å²) < 4.78 is 11.2. The first-order valence-electron chi connectivity index (χ1n) is 13.3. The molecule has 1 saturated carbocycles. The lowest BCUT2D eigenvalue weighted by Crippen LogP contribution is -2.52. The van der Waals surface area contributed by atoms with Crippen LogP contribution in [0, 0.1) is 0 Å². The van der Waals surface area contributed by atoms with Crippen LogP contribution in [0.1, 0.15) is 72.7 Å². The Kier molecular flexibility index (Phi) is 7.22. The summed E-state index contributed by atoms with van der Waals surface area (Å²) in [5, 5.41) is 7.97. The van der Waals surface area contributed by atoms with Crippen LogP contribution in [-0.4, -0.2) is 58.4 Å². The van der Waals surface area contributed by atoms with E-state index in [2.05, 4.69) is 16.0 Å². The number of nitrogens with zero attached hydrogens (tertiary/aromatic N) is 1. The largest absolute Gasteiger partial charge is 0.490 e. The normalized spacial score (nSPS) is 22.1. The van der Waals surface area contributed by atoms with Crippen LogP contribution in [0.5, 0.6) is 5.75 Å². The molecule has 2 heterocycles. The average Bonchev–Trinajstić information content (AvgIpc) is 3.17. The minimum atomic E-state index is -0.691. The van der Waals surface area contributed by atoms with Crippen molar-refractivity contribution in [3.63, 3.8) is 0 Å². The summed E-state index contributed by atoms with van der Waals surface area (Å²) in [4.78, 5) is 62.8. The fraction of sp³-hybridized carbons (Fsp3) is 0.414. The van der Waals surface area contributed by atoms with Crippen LogP contribution in [0.4, 0.5) is 10.5 Å². The van der Waals surface area contributed by atoms with E-state index >= 15 is 0 Å². The zero-order chi connectivity index (χ0) is 28.6. The molecule has 2 aromatic rings. The topological polar surface area (TPSA) is 143 Å². The second-order valence-electron chi connectivity index (χ2n) is 11.3. The Morgan fingerprint density at radius 1 is 1.02 bits per heavy atom. The van der Waals surface area contributed by atoms with Crippen LogP contribution in [0.25, 0.3) is 0 Å². The third kappa shape index (κ3) is 6.08. The molecule has 2 fully saturated rings. The van der Waals surface area contributed by atoms with Crippen LogP contribution in [0.2, 0.25) is 0 Å². The smallest absolute Gasteiger partial charge is 0.407 e. The predicted octanol–water partition coefficient (Wildman–Crippen LogP) is 3.13. The molecular formula is C29H32N4O7. The summed E-state index contributed by atoms with van der Waals surface area (Å²) >= 11 is 0. The lowest BCUT2D eigenvalue weighted by atomic mass is 9.89. The minimum absolute atomic E-state index is 0.00335. The number of rotatable bonds is 6. The summed E-state index contributed by atoms with van der Waals surface area (Å²) in [6, 6.07) is 11.1. The van der Waals surface area contributed by atoms with Gasteiger partial charge in [-0.3, -0.25) is 24.5 Å². The quantitative estimate of drug-likeness (QED) is 0.471. The summed E-state index contributed by atoms with van der Waals surface area (Å²) in [5.74, 6) is -0.756. The fourth-order valence-corrected chi connectivity index (χ4v) is 4.99. The highest BCUT2D eigenvalue weighted by molar-refractivity contribution is 6.07. The Balaban J connectivity index is 1.12. The molecule has 2 aliphatic heterocycles. The molecule has 1 atom stereocenters. The number of fused-ring (bicyclic) bond motifs is 1. The zero-order valence-corrected chi connectivity index (χ0v) is 22.6. The van der Waals surface area contributed by atoms with E-state index in [1.54, 1.807) is 42.5 Å². The lowest BCUT2D eigenvalue weighted by Gasteiger charge is -2.36. The molecule has 1 saturated heterocycles. The van der Waals surface area contributed by atoms with E-state index < -0.39 is 23.6 Å². The van der Waals surface area contributed by atoms with Crippen LogP contribution in [0.3, 0.4) is 0 Å². The summed E-state index contributed by atoms with van der Waals surface area (Å²) in [7, 11) is 0. The average molecular weight is 549 g/mol.